The van der Waals surface area contributed by atoms with Crippen molar-refractivity contribution in [2.45, 2.75) is 30.1 Å². The van der Waals surface area contributed by atoms with E-state index in [9.17, 15) is 21.6 Å². The third kappa shape index (κ3) is 5.28. The van der Waals surface area contributed by atoms with Gasteiger partial charge in [0.25, 0.3) is 10.0 Å². The summed E-state index contributed by atoms with van der Waals surface area (Å²) in [6.07, 6.45) is 0.787. The molecule has 10 heteroatoms. The summed E-state index contributed by atoms with van der Waals surface area (Å²) in [6.45, 7) is 3.88. The van der Waals surface area contributed by atoms with Crippen LogP contribution in [0.15, 0.2) is 52.3 Å². The first kappa shape index (κ1) is 20.9. The number of rotatable bonds is 8. The molecule has 8 nitrogen and oxygen atoms in total. The van der Waals surface area contributed by atoms with Gasteiger partial charge < -0.3 is 5.32 Å². The fraction of sp³-hybridized carbons (Fsp3) is 0.235. The number of carbonyl (C=O) groups is 1. The maximum atomic E-state index is 12.7. The molecular weight excluding hydrogens is 390 g/mol. The van der Waals surface area contributed by atoms with Gasteiger partial charge in [-0.05, 0) is 43.7 Å². The van der Waals surface area contributed by atoms with Crippen molar-refractivity contribution in [2.24, 2.45) is 5.14 Å². The molecule has 0 heterocycles. The largest absolute Gasteiger partial charge is 0.383 e. The van der Waals surface area contributed by atoms with Crippen LogP contribution in [0.1, 0.15) is 30.6 Å². The van der Waals surface area contributed by atoms with Crippen LogP contribution in [0.25, 0.3) is 0 Å². The number of anilines is 2. The molecule has 0 saturated carbocycles. The number of nitrogens with one attached hydrogen (secondary N) is 2. The van der Waals surface area contributed by atoms with Crippen LogP contribution in [0.5, 0.6) is 0 Å². The maximum absolute atomic E-state index is 12.7. The van der Waals surface area contributed by atoms with Crippen LogP contribution in [-0.4, -0.2) is 29.2 Å². The zero-order valence-corrected chi connectivity index (χ0v) is 16.5. The minimum atomic E-state index is -4.00. The van der Waals surface area contributed by atoms with E-state index in [2.05, 4.69) is 10.0 Å². The lowest BCUT2D eigenvalue weighted by molar-refractivity contribution is 0.101. The number of nitrogens with two attached hydrogens (primary N) is 1. The second-order valence-corrected chi connectivity index (χ2v) is 9.11. The molecule has 2 aromatic rings. The van der Waals surface area contributed by atoms with Gasteiger partial charge in [0.1, 0.15) is 0 Å². The first-order valence-electron chi connectivity index (χ1n) is 8.09. The van der Waals surface area contributed by atoms with Crippen molar-refractivity contribution < 1.29 is 21.6 Å². The number of sulfonamides is 2. The van der Waals surface area contributed by atoms with Crippen LogP contribution < -0.4 is 15.2 Å². The Morgan fingerprint density at radius 3 is 2.07 bits per heavy atom. The van der Waals surface area contributed by atoms with E-state index in [0.717, 1.165) is 12.5 Å². The standard InChI is InChI=1S/C17H21N3O5S2/c1-3-10-19-16-9-8-15(26(18,22)23)11-17(16)20-27(24,25)14-6-4-13(5-7-14)12(2)21/h4-9,11,19-20H,3,10H2,1-2H3,(H2,18,22,23). The maximum Gasteiger partial charge on any atom is 0.261 e. The van der Waals surface area contributed by atoms with Crippen molar-refractivity contribution >= 4 is 37.2 Å². The molecule has 0 spiro atoms. The Morgan fingerprint density at radius 2 is 1.56 bits per heavy atom. The minimum absolute atomic E-state index is 0.0602. The first-order chi connectivity index (χ1) is 12.5. The van der Waals surface area contributed by atoms with Crippen molar-refractivity contribution in [2.75, 3.05) is 16.6 Å². The molecular formula is C17H21N3O5S2. The summed E-state index contributed by atoms with van der Waals surface area (Å²) in [5.74, 6) is -0.182. The Labute approximate surface area is 158 Å². The van der Waals surface area contributed by atoms with Gasteiger partial charge in [-0.2, -0.15) is 0 Å². The molecule has 27 heavy (non-hydrogen) atoms. The van der Waals surface area contributed by atoms with Crippen molar-refractivity contribution in [3.05, 3.63) is 48.0 Å². The Morgan fingerprint density at radius 1 is 0.963 bits per heavy atom. The van der Waals surface area contributed by atoms with Crippen LogP contribution in [0.3, 0.4) is 0 Å². The second-order valence-electron chi connectivity index (χ2n) is 5.87. The van der Waals surface area contributed by atoms with E-state index < -0.39 is 20.0 Å². The molecule has 0 aliphatic carbocycles. The Balaban J connectivity index is 2.44. The highest BCUT2D eigenvalue weighted by Gasteiger charge is 2.19. The van der Waals surface area contributed by atoms with Gasteiger partial charge in [-0.25, -0.2) is 22.0 Å². The van der Waals surface area contributed by atoms with Crippen LogP contribution in [0.4, 0.5) is 11.4 Å². The van der Waals surface area contributed by atoms with E-state index in [4.69, 9.17) is 5.14 Å². The van der Waals surface area contributed by atoms with E-state index >= 15 is 0 Å². The quantitative estimate of drug-likeness (QED) is 0.570. The molecule has 0 atom stereocenters. The highest BCUT2D eigenvalue weighted by atomic mass is 32.2. The highest BCUT2D eigenvalue weighted by molar-refractivity contribution is 7.92. The molecule has 146 valence electrons. The van der Waals surface area contributed by atoms with Gasteiger partial charge in [-0.15, -0.1) is 0 Å². The Bertz CT molecular complexity index is 1050. The number of hydrogen-bond acceptors (Lipinski definition) is 6. The van der Waals surface area contributed by atoms with Gasteiger partial charge in [0.05, 0.1) is 21.2 Å². The summed E-state index contributed by atoms with van der Waals surface area (Å²) < 4.78 is 50.9. The Kier molecular flexibility index (Phi) is 6.24. The molecule has 0 aromatic heterocycles. The summed E-state index contributed by atoms with van der Waals surface area (Å²) in [7, 11) is -8.00. The third-order valence-corrected chi connectivity index (χ3v) is 5.99. The predicted octanol–water partition coefficient (Wildman–Crippen LogP) is 2.16. The van der Waals surface area contributed by atoms with Crippen LogP contribution in [0, 0.1) is 0 Å². The molecule has 0 radical (unpaired) electrons. The average Bonchev–Trinajstić information content (AvgIpc) is 2.59. The summed E-state index contributed by atoms with van der Waals surface area (Å²) in [4.78, 5) is 11.1. The van der Waals surface area contributed by atoms with Crippen molar-refractivity contribution in [1.82, 2.24) is 0 Å². The normalized spacial score (nSPS) is 11.8. The van der Waals surface area contributed by atoms with E-state index in [0.29, 0.717) is 17.8 Å². The fourth-order valence-electron chi connectivity index (χ4n) is 2.27. The van der Waals surface area contributed by atoms with Crippen LogP contribution >= 0.6 is 0 Å². The van der Waals surface area contributed by atoms with Crippen LogP contribution in [-0.2, 0) is 20.0 Å². The number of Topliss-reactive ketones (excluding diaryl/α,β-unsaturated/α-hetero) is 1. The monoisotopic (exact) mass is 411 g/mol. The van der Waals surface area contributed by atoms with Gasteiger partial charge in [0.2, 0.25) is 10.0 Å². The fourth-order valence-corrected chi connectivity index (χ4v) is 3.88. The number of ketones is 1. The highest BCUT2D eigenvalue weighted by Crippen LogP contribution is 2.28. The van der Waals surface area contributed by atoms with Crippen LogP contribution in [0.2, 0.25) is 0 Å². The first-order valence-corrected chi connectivity index (χ1v) is 11.1. The van der Waals surface area contributed by atoms with E-state index in [1.165, 1.54) is 43.3 Å². The van der Waals surface area contributed by atoms with Gasteiger partial charge in [-0.1, -0.05) is 19.1 Å². The summed E-state index contributed by atoms with van der Waals surface area (Å²) in [5, 5.41) is 8.17. The molecule has 4 N–H and O–H groups in total. The smallest absolute Gasteiger partial charge is 0.261 e. The lowest BCUT2D eigenvalue weighted by Gasteiger charge is -2.15. The lowest BCUT2D eigenvalue weighted by atomic mass is 10.2. The molecule has 0 aliphatic rings. The Hall–Kier alpha value is -2.43. The number of carbonyl (C=O) groups excluding carboxylic acids is 1. The zero-order chi connectivity index (χ0) is 20.2. The van der Waals surface area contributed by atoms with E-state index in [1.54, 1.807) is 0 Å². The zero-order valence-electron chi connectivity index (χ0n) is 14.9. The summed E-state index contributed by atoms with van der Waals surface area (Å²) in [5.41, 5.74) is 0.870. The summed E-state index contributed by atoms with van der Waals surface area (Å²) >= 11 is 0. The number of hydrogen-bond donors (Lipinski definition) is 3. The topological polar surface area (TPSA) is 135 Å². The molecule has 2 rings (SSSR count). The van der Waals surface area contributed by atoms with Crippen molar-refractivity contribution in [1.29, 1.82) is 0 Å². The van der Waals surface area contributed by atoms with Gasteiger partial charge in [-0.3, -0.25) is 9.52 Å². The van der Waals surface area contributed by atoms with Gasteiger partial charge in [0, 0.05) is 12.1 Å². The minimum Gasteiger partial charge on any atom is -0.383 e. The number of primary sulfonamides is 1. The van der Waals surface area contributed by atoms with E-state index in [1.807, 2.05) is 6.92 Å². The molecule has 0 saturated heterocycles. The average molecular weight is 412 g/mol. The van der Waals surface area contributed by atoms with Gasteiger partial charge >= 0.3 is 0 Å². The van der Waals surface area contributed by atoms with Crippen molar-refractivity contribution in [3.8, 4) is 0 Å². The lowest BCUT2D eigenvalue weighted by Crippen LogP contribution is -2.17. The number of benzene rings is 2. The summed E-state index contributed by atoms with van der Waals surface area (Å²) in [6, 6.07) is 9.35. The molecule has 0 fully saturated rings. The molecule has 0 aliphatic heterocycles. The van der Waals surface area contributed by atoms with Crippen molar-refractivity contribution in [3.63, 3.8) is 0 Å². The SMILES string of the molecule is CCCNc1ccc(S(N)(=O)=O)cc1NS(=O)(=O)c1ccc(C(C)=O)cc1. The van der Waals surface area contributed by atoms with Gasteiger partial charge in [0.15, 0.2) is 5.78 Å². The molecule has 2 aromatic carbocycles. The molecule has 0 amide bonds. The molecule has 0 unspecified atom stereocenters. The third-order valence-electron chi connectivity index (χ3n) is 3.70. The van der Waals surface area contributed by atoms with E-state index in [-0.39, 0.29) is 21.3 Å². The predicted molar refractivity (Wildman–Crippen MR) is 104 cm³/mol. The molecule has 0 bridgehead atoms. The second kappa shape index (κ2) is 8.07.